The Kier molecular flexibility index (Phi) is 6.56. The highest BCUT2D eigenvalue weighted by Crippen LogP contribution is 2.24. The van der Waals surface area contributed by atoms with Crippen molar-refractivity contribution in [1.29, 1.82) is 0 Å². The molecule has 0 saturated carbocycles. The van der Waals surface area contributed by atoms with Crippen LogP contribution in [0.1, 0.15) is 40.0 Å². The van der Waals surface area contributed by atoms with E-state index in [1.54, 1.807) is 29.2 Å². The first-order chi connectivity index (χ1) is 11.6. The molecule has 0 radical (unpaired) electrons. The fourth-order valence-corrected chi connectivity index (χ4v) is 3.44. The summed E-state index contributed by atoms with van der Waals surface area (Å²) in [6, 6.07) is 6.72. The molecule has 2 aliphatic rings. The monoisotopic (exact) mass is 365 g/mol. The predicted molar refractivity (Wildman–Crippen MR) is 96.9 cm³/mol. The second-order valence-electron chi connectivity index (χ2n) is 6.46. The van der Waals surface area contributed by atoms with Crippen molar-refractivity contribution in [3.63, 3.8) is 0 Å². The molecule has 1 N–H and O–H groups in total. The minimum Gasteiger partial charge on any atom is -0.341 e. The van der Waals surface area contributed by atoms with Crippen LogP contribution < -0.4 is 5.32 Å². The van der Waals surface area contributed by atoms with Crippen LogP contribution in [0.2, 0.25) is 0 Å². The quantitative estimate of drug-likeness (QED) is 0.804. The topological polar surface area (TPSA) is 69.7 Å². The molecule has 1 fully saturated rings. The first-order valence-corrected chi connectivity index (χ1v) is 8.49. The number of halogens is 1. The zero-order valence-corrected chi connectivity index (χ0v) is 15.2. The number of imide groups is 1. The Balaban J connectivity index is 0.00000225. The lowest BCUT2D eigenvalue weighted by atomic mass is 9.93. The average molecular weight is 366 g/mol. The molecule has 1 aromatic rings. The van der Waals surface area contributed by atoms with Gasteiger partial charge in [-0.25, -0.2) is 0 Å². The first kappa shape index (κ1) is 19.4. The molecule has 0 atom stereocenters. The largest absolute Gasteiger partial charge is 0.341 e. The number of benzene rings is 1. The Morgan fingerprint density at radius 3 is 2.20 bits per heavy atom. The number of piperidine rings is 1. The third-order valence-electron chi connectivity index (χ3n) is 4.94. The maximum absolute atomic E-state index is 12.5. The summed E-state index contributed by atoms with van der Waals surface area (Å²) in [5, 5.41) is 3.15. The van der Waals surface area contributed by atoms with Gasteiger partial charge in [-0.3, -0.25) is 19.3 Å². The van der Waals surface area contributed by atoms with Gasteiger partial charge in [-0.1, -0.05) is 12.1 Å². The molecule has 6 nitrogen and oxygen atoms in total. The molecule has 136 valence electrons. The van der Waals surface area contributed by atoms with E-state index in [1.165, 1.54) is 0 Å². The highest BCUT2D eigenvalue weighted by molar-refractivity contribution is 6.22. The molecular formula is C18H24ClN3O3. The summed E-state index contributed by atoms with van der Waals surface area (Å²) in [6.07, 6.45) is 3.09. The normalized spacial score (nSPS) is 17.5. The SMILES string of the molecule is CNCCC1CCN(C(=O)CN2C(=O)c3ccccc3C2=O)CC1.Cl. The molecule has 1 aromatic carbocycles. The molecule has 0 spiro atoms. The maximum Gasteiger partial charge on any atom is 0.262 e. The van der Waals surface area contributed by atoms with E-state index >= 15 is 0 Å². The Bertz CT molecular complexity index is 622. The molecule has 25 heavy (non-hydrogen) atoms. The molecular weight excluding hydrogens is 342 g/mol. The molecule has 7 heteroatoms. The average Bonchev–Trinajstić information content (AvgIpc) is 2.85. The Morgan fingerprint density at radius 2 is 1.68 bits per heavy atom. The fraction of sp³-hybridized carbons (Fsp3) is 0.500. The van der Waals surface area contributed by atoms with Gasteiger partial charge >= 0.3 is 0 Å². The van der Waals surface area contributed by atoms with Crippen molar-refractivity contribution in [2.75, 3.05) is 33.2 Å². The van der Waals surface area contributed by atoms with Gasteiger partial charge in [0.25, 0.3) is 11.8 Å². The number of hydrogen-bond donors (Lipinski definition) is 1. The van der Waals surface area contributed by atoms with Crippen molar-refractivity contribution in [3.05, 3.63) is 35.4 Å². The van der Waals surface area contributed by atoms with Crippen molar-refractivity contribution in [1.82, 2.24) is 15.1 Å². The molecule has 1 saturated heterocycles. The highest BCUT2D eigenvalue weighted by Gasteiger charge is 2.37. The van der Waals surface area contributed by atoms with Crippen LogP contribution in [0.3, 0.4) is 0 Å². The highest BCUT2D eigenvalue weighted by atomic mass is 35.5. The molecule has 3 rings (SSSR count). The molecule has 0 aromatic heterocycles. The lowest BCUT2D eigenvalue weighted by Crippen LogP contribution is -2.45. The summed E-state index contributed by atoms with van der Waals surface area (Å²) < 4.78 is 0. The number of carbonyl (C=O) groups excluding carboxylic acids is 3. The number of likely N-dealkylation sites (tertiary alicyclic amines) is 1. The van der Waals surface area contributed by atoms with Gasteiger partial charge in [0.05, 0.1) is 11.1 Å². The summed E-state index contributed by atoms with van der Waals surface area (Å²) in [5.41, 5.74) is 0.780. The number of amides is 3. The van der Waals surface area contributed by atoms with Crippen molar-refractivity contribution in [3.8, 4) is 0 Å². The molecule has 2 heterocycles. The van der Waals surface area contributed by atoms with Gasteiger partial charge in [0.1, 0.15) is 6.54 Å². The molecule has 3 amide bonds. The van der Waals surface area contributed by atoms with E-state index in [0.717, 1.165) is 30.7 Å². The number of rotatable bonds is 5. The number of nitrogens with zero attached hydrogens (tertiary/aromatic N) is 2. The predicted octanol–water partition coefficient (Wildman–Crippen LogP) is 1.55. The van der Waals surface area contributed by atoms with Gasteiger partial charge in [0.2, 0.25) is 5.91 Å². The Labute approximate surface area is 154 Å². The Morgan fingerprint density at radius 1 is 1.12 bits per heavy atom. The number of fused-ring (bicyclic) bond motifs is 1. The minimum absolute atomic E-state index is 0. The second-order valence-corrected chi connectivity index (χ2v) is 6.46. The summed E-state index contributed by atoms with van der Waals surface area (Å²) in [6.45, 7) is 2.24. The zero-order valence-electron chi connectivity index (χ0n) is 14.4. The van der Waals surface area contributed by atoms with E-state index in [1.807, 2.05) is 7.05 Å². The molecule has 0 bridgehead atoms. The third-order valence-corrected chi connectivity index (χ3v) is 4.94. The lowest BCUT2D eigenvalue weighted by molar-refractivity contribution is -0.132. The van der Waals surface area contributed by atoms with Crippen LogP contribution in [0, 0.1) is 5.92 Å². The van der Waals surface area contributed by atoms with Gasteiger partial charge in [0.15, 0.2) is 0 Å². The van der Waals surface area contributed by atoms with E-state index in [-0.39, 0.29) is 36.7 Å². The van der Waals surface area contributed by atoms with E-state index < -0.39 is 0 Å². The number of hydrogen-bond acceptors (Lipinski definition) is 4. The third kappa shape index (κ3) is 4.02. The fourth-order valence-electron chi connectivity index (χ4n) is 3.44. The summed E-state index contributed by atoms with van der Waals surface area (Å²) >= 11 is 0. The standard InChI is InChI=1S/C18H23N3O3.ClH/c1-19-9-6-13-7-10-20(11-8-13)16(22)12-21-17(23)14-4-2-3-5-15(14)18(21)24;/h2-5,13,19H,6-12H2,1H3;1H. The van der Waals surface area contributed by atoms with Crippen LogP contribution in [-0.2, 0) is 4.79 Å². The van der Waals surface area contributed by atoms with Crippen molar-refractivity contribution in [2.45, 2.75) is 19.3 Å². The summed E-state index contributed by atoms with van der Waals surface area (Å²) in [7, 11) is 1.95. The first-order valence-electron chi connectivity index (χ1n) is 8.49. The smallest absolute Gasteiger partial charge is 0.262 e. The van der Waals surface area contributed by atoms with Crippen LogP contribution in [0.15, 0.2) is 24.3 Å². The van der Waals surface area contributed by atoms with Crippen LogP contribution in [-0.4, -0.2) is 60.7 Å². The molecule has 0 aliphatic carbocycles. The van der Waals surface area contributed by atoms with Gasteiger partial charge in [-0.15, -0.1) is 12.4 Å². The van der Waals surface area contributed by atoms with Crippen molar-refractivity contribution < 1.29 is 14.4 Å². The van der Waals surface area contributed by atoms with Gasteiger partial charge in [-0.2, -0.15) is 0 Å². The summed E-state index contributed by atoms with van der Waals surface area (Å²) in [4.78, 5) is 40.0. The number of carbonyl (C=O) groups is 3. The van der Waals surface area contributed by atoms with Crippen LogP contribution in [0.25, 0.3) is 0 Å². The summed E-state index contributed by atoms with van der Waals surface area (Å²) in [5.74, 6) is -0.238. The van der Waals surface area contributed by atoms with E-state index in [4.69, 9.17) is 0 Å². The zero-order chi connectivity index (χ0) is 17.1. The van der Waals surface area contributed by atoms with Crippen molar-refractivity contribution >= 4 is 30.1 Å². The van der Waals surface area contributed by atoms with E-state index in [9.17, 15) is 14.4 Å². The molecule has 0 unspecified atom stereocenters. The molecule has 2 aliphatic heterocycles. The van der Waals surface area contributed by atoms with Crippen molar-refractivity contribution in [2.24, 2.45) is 5.92 Å². The van der Waals surface area contributed by atoms with Crippen LogP contribution >= 0.6 is 12.4 Å². The Hall–Kier alpha value is -1.92. The lowest BCUT2D eigenvalue weighted by Gasteiger charge is -2.32. The van der Waals surface area contributed by atoms with Crippen LogP contribution in [0.4, 0.5) is 0 Å². The minimum atomic E-state index is -0.368. The van der Waals surface area contributed by atoms with Crippen LogP contribution in [0.5, 0.6) is 0 Å². The van der Waals surface area contributed by atoms with E-state index in [0.29, 0.717) is 30.1 Å². The van der Waals surface area contributed by atoms with Gasteiger partial charge < -0.3 is 10.2 Å². The maximum atomic E-state index is 12.5. The number of nitrogens with one attached hydrogen (secondary N) is 1. The van der Waals surface area contributed by atoms with Gasteiger partial charge in [0, 0.05) is 13.1 Å². The van der Waals surface area contributed by atoms with E-state index in [2.05, 4.69) is 5.32 Å². The second kappa shape index (κ2) is 8.45. The van der Waals surface area contributed by atoms with Gasteiger partial charge in [-0.05, 0) is 50.9 Å².